The van der Waals surface area contributed by atoms with Crippen molar-refractivity contribution in [3.63, 3.8) is 0 Å². The lowest BCUT2D eigenvalue weighted by atomic mass is 9.74. The average molecular weight is 747 g/mol. The largest absolute Gasteiger partial charge is 0.496 e. The number of fused-ring (bicyclic) bond motifs is 1. The van der Waals surface area contributed by atoms with E-state index in [2.05, 4.69) is 60.2 Å². The van der Waals surface area contributed by atoms with Crippen molar-refractivity contribution in [2.75, 3.05) is 21.3 Å². The number of esters is 1. The minimum atomic E-state index is -0.607. The van der Waals surface area contributed by atoms with E-state index in [0.717, 1.165) is 62.6 Å². The molecule has 2 atom stereocenters. The van der Waals surface area contributed by atoms with Crippen molar-refractivity contribution in [2.24, 2.45) is 10.9 Å². The molecule has 0 radical (unpaired) electrons. The maximum Gasteiger partial charge on any atom is 0.337 e. The van der Waals surface area contributed by atoms with E-state index in [1.54, 1.807) is 32.0 Å². The van der Waals surface area contributed by atoms with E-state index < -0.39 is 11.5 Å². The van der Waals surface area contributed by atoms with Gasteiger partial charge in [0.05, 0.1) is 36.9 Å². The van der Waals surface area contributed by atoms with Crippen LogP contribution in [0.2, 0.25) is 0 Å². The van der Waals surface area contributed by atoms with Crippen LogP contribution in [0.15, 0.2) is 64.1 Å². The van der Waals surface area contributed by atoms with Crippen LogP contribution in [-0.4, -0.2) is 48.2 Å². The molecule has 1 saturated carbocycles. The summed E-state index contributed by atoms with van der Waals surface area (Å²) in [6.45, 7) is 6.71. The summed E-state index contributed by atoms with van der Waals surface area (Å²) in [5, 5.41) is 4.99. The first-order valence-electron chi connectivity index (χ1n) is 16.9. The molecule has 1 aromatic heterocycles. The molecule has 6 rings (SSSR count). The lowest BCUT2D eigenvalue weighted by Gasteiger charge is -2.39. The van der Waals surface area contributed by atoms with E-state index >= 15 is 0 Å². The highest BCUT2D eigenvalue weighted by atomic mass is 79.9. The number of hydrogen-bond acceptors (Lipinski definition) is 7. The number of thioether (sulfide) groups is 1. The van der Waals surface area contributed by atoms with Crippen molar-refractivity contribution in [3.05, 3.63) is 92.6 Å². The summed E-state index contributed by atoms with van der Waals surface area (Å²) in [4.78, 5) is 32.2. The SMILES string of the molecule is CCC1(c2cc(Br)c(OC)cc2OC)N=C(NC(=O)c2cc3cc(C)cc(C)c3n2Cc2cccc(C(=O)OC)c2)SC1C1CCCCC1. The van der Waals surface area contributed by atoms with Gasteiger partial charge in [0.25, 0.3) is 5.91 Å². The monoisotopic (exact) mass is 745 g/mol. The Bertz CT molecular complexity index is 1930. The number of aromatic nitrogens is 1. The van der Waals surface area contributed by atoms with Gasteiger partial charge in [0.1, 0.15) is 22.7 Å². The maximum absolute atomic E-state index is 14.4. The molecule has 3 aromatic carbocycles. The van der Waals surface area contributed by atoms with Gasteiger partial charge >= 0.3 is 5.97 Å². The molecule has 1 N–H and O–H groups in total. The molecule has 2 unspecified atom stereocenters. The van der Waals surface area contributed by atoms with Gasteiger partial charge in [-0.05, 0) is 96.4 Å². The number of aliphatic imine (C=N–C) groups is 1. The number of carbonyl (C=O) groups excluding carboxylic acids is 2. The molecule has 258 valence electrons. The number of rotatable bonds is 9. The summed E-state index contributed by atoms with van der Waals surface area (Å²) < 4.78 is 19.4. The van der Waals surface area contributed by atoms with Crippen molar-refractivity contribution in [1.82, 2.24) is 9.88 Å². The predicted molar refractivity (Wildman–Crippen MR) is 200 cm³/mol. The van der Waals surface area contributed by atoms with Crippen molar-refractivity contribution in [1.29, 1.82) is 0 Å². The second-order valence-electron chi connectivity index (χ2n) is 13.1. The fraction of sp³-hybridized carbons (Fsp3) is 0.410. The van der Waals surface area contributed by atoms with Crippen LogP contribution in [0.5, 0.6) is 11.5 Å². The molecule has 2 aliphatic rings. The lowest BCUT2D eigenvalue weighted by molar-refractivity contribution is 0.0600. The Morgan fingerprint density at radius 3 is 2.45 bits per heavy atom. The fourth-order valence-corrected chi connectivity index (χ4v) is 9.90. The second kappa shape index (κ2) is 14.6. The van der Waals surface area contributed by atoms with Crippen LogP contribution in [0.4, 0.5) is 0 Å². The van der Waals surface area contributed by atoms with Crippen LogP contribution in [0.25, 0.3) is 10.9 Å². The first-order chi connectivity index (χ1) is 23.6. The van der Waals surface area contributed by atoms with E-state index in [4.69, 9.17) is 19.2 Å². The van der Waals surface area contributed by atoms with Gasteiger partial charge in [0.2, 0.25) is 0 Å². The number of hydrogen-bond donors (Lipinski definition) is 1. The number of halogens is 1. The third-order valence-electron chi connectivity index (χ3n) is 10.0. The molecule has 4 aromatic rings. The van der Waals surface area contributed by atoms with Gasteiger partial charge in [-0.2, -0.15) is 0 Å². The maximum atomic E-state index is 14.4. The highest BCUT2D eigenvalue weighted by Gasteiger charge is 2.50. The molecule has 8 nitrogen and oxygen atoms in total. The standard InChI is InChI=1S/C39H44BrN3O5S/c1-7-39(29-20-30(40)33(47-5)21-32(29)46-4)35(26-13-9-8-10-14-26)49-38(42-39)41-36(44)31-19-28-17-23(2)16-24(3)34(28)43(31)22-25-12-11-15-27(18-25)37(45)48-6/h11-12,15-21,26,35H,7-10,13-14,22H2,1-6H3,(H,41,42,44). The molecule has 10 heteroatoms. The number of carbonyl (C=O) groups is 2. The molecular formula is C39H44BrN3O5S. The third kappa shape index (κ3) is 6.74. The molecule has 1 aliphatic carbocycles. The Balaban J connectivity index is 1.42. The van der Waals surface area contributed by atoms with Gasteiger partial charge in [-0.1, -0.05) is 61.7 Å². The highest BCUT2D eigenvalue weighted by molar-refractivity contribution is 9.10. The average Bonchev–Trinajstić information content (AvgIpc) is 3.67. The zero-order valence-corrected chi connectivity index (χ0v) is 31.4. The van der Waals surface area contributed by atoms with Crippen LogP contribution in [0, 0.1) is 19.8 Å². The van der Waals surface area contributed by atoms with E-state index in [1.807, 2.05) is 34.9 Å². The summed E-state index contributed by atoms with van der Waals surface area (Å²) in [5.74, 6) is 1.24. The van der Waals surface area contributed by atoms with Gasteiger partial charge in [-0.15, -0.1) is 0 Å². The molecular weight excluding hydrogens is 702 g/mol. The molecule has 49 heavy (non-hydrogen) atoms. The van der Waals surface area contributed by atoms with Crippen LogP contribution in [-0.2, 0) is 16.8 Å². The summed E-state index contributed by atoms with van der Waals surface area (Å²) in [6.07, 6.45) is 6.65. The van der Waals surface area contributed by atoms with Gasteiger partial charge in [-0.25, -0.2) is 9.79 Å². The van der Waals surface area contributed by atoms with Gasteiger partial charge in [0, 0.05) is 28.8 Å². The van der Waals surface area contributed by atoms with Crippen molar-refractivity contribution >= 4 is 55.6 Å². The Kier molecular flexibility index (Phi) is 10.5. The third-order valence-corrected chi connectivity index (χ3v) is 12.1. The Morgan fingerprint density at radius 1 is 1.00 bits per heavy atom. The number of nitrogens with one attached hydrogen (secondary N) is 1. The van der Waals surface area contributed by atoms with Crippen LogP contribution in [0.1, 0.15) is 88.5 Å². The quantitative estimate of drug-likeness (QED) is 0.172. The van der Waals surface area contributed by atoms with Crippen LogP contribution >= 0.6 is 27.7 Å². The normalized spacial score (nSPS) is 19.5. The van der Waals surface area contributed by atoms with Crippen molar-refractivity contribution < 1.29 is 23.8 Å². The number of methoxy groups -OCH3 is 3. The Hall–Kier alpha value is -3.76. The smallest absolute Gasteiger partial charge is 0.337 e. The number of amidine groups is 1. The van der Waals surface area contributed by atoms with Crippen molar-refractivity contribution in [3.8, 4) is 11.5 Å². The lowest BCUT2D eigenvalue weighted by Crippen LogP contribution is -2.38. The van der Waals surface area contributed by atoms with Crippen LogP contribution < -0.4 is 14.8 Å². The highest BCUT2D eigenvalue weighted by Crippen LogP contribution is 2.54. The van der Waals surface area contributed by atoms with Gasteiger partial charge < -0.3 is 18.8 Å². The Labute approximate surface area is 301 Å². The zero-order valence-electron chi connectivity index (χ0n) is 29.0. The van der Waals surface area contributed by atoms with Crippen LogP contribution in [0.3, 0.4) is 0 Å². The van der Waals surface area contributed by atoms with Gasteiger partial charge in [-0.3, -0.25) is 10.1 Å². The van der Waals surface area contributed by atoms with E-state index in [0.29, 0.717) is 34.6 Å². The molecule has 2 heterocycles. The molecule has 1 aliphatic heterocycles. The summed E-state index contributed by atoms with van der Waals surface area (Å²) in [6, 6.07) is 17.6. The molecule has 1 fully saturated rings. The number of benzene rings is 3. The molecule has 0 bridgehead atoms. The fourth-order valence-electron chi connectivity index (χ4n) is 7.78. The number of amides is 1. The first kappa shape index (κ1) is 35.1. The Morgan fingerprint density at radius 2 is 1.76 bits per heavy atom. The molecule has 0 spiro atoms. The second-order valence-corrected chi connectivity index (χ2v) is 15.1. The number of ether oxygens (including phenoxy) is 3. The van der Waals surface area contributed by atoms with Gasteiger partial charge in [0.15, 0.2) is 5.17 Å². The van der Waals surface area contributed by atoms with Crippen molar-refractivity contribution in [2.45, 2.75) is 76.6 Å². The number of nitrogens with zero attached hydrogens (tertiary/aromatic N) is 2. The summed E-state index contributed by atoms with van der Waals surface area (Å²) in [5.41, 5.74) is 5.45. The predicted octanol–water partition coefficient (Wildman–Crippen LogP) is 8.96. The topological polar surface area (TPSA) is 91.1 Å². The zero-order chi connectivity index (χ0) is 34.9. The molecule has 1 amide bonds. The van der Waals surface area contributed by atoms with E-state index in [1.165, 1.54) is 26.4 Å². The summed E-state index contributed by atoms with van der Waals surface area (Å²) in [7, 11) is 4.71. The minimum absolute atomic E-state index is 0.124. The number of aryl methyl sites for hydroxylation is 2. The van der Waals surface area contributed by atoms with E-state index in [-0.39, 0.29) is 11.2 Å². The molecule has 0 saturated heterocycles. The first-order valence-corrected chi connectivity index (χ1v) is 18.6. The van der Waals surface area contributed by atoms with E-state index in [9.17, 15) is 9.59 Å². The minimum Gasteiger partial charge on any atom is -0.496 e. The summed E-state index contributed by atoms with van der Waals surface area (Å²) >= 11 is 5.40.